The number of carboxylic acids is 1. The highest BCUT2D eigenvalue weighted by molar-refractivity contribution is 7.98. The molecule has 0 aliphatic heterocycles. The Labute approximate surface area is 214 Å². The van der Waals surface area contributed by atoms with Crippen LogP contribution in [0.5, 0.6) is 0 Å². The monoisotopic (exact) mass is 530 g/mol. The van der Waals surface area contributed by atoms with E-state index in [0.717, 1.165) is 5.56 Å². The molecule has 0 bridgehead atoms. The summed E-state index contributed by atoms with van der Waals surface area (Å²) in [6, 6.07) is 5.44. The van der Waals surface area contributed by atoms with E-state index in [1.807, 2.05) is 42.8 Å². The third kappa shape index (κ3) is 11.0. The van der Waals surface area contributed by atoms with Gasteiger partial charge >= 0.3 is 5.97 Å². The van der Waals surface area contributed by atoms with E-state index in [9.17, 15) is 24.3 Å². The molecule has 0 saturated carbocycles. The number of carbonyl (C=O) groups is 4. The number of carbonyl (C=O) groups excluding carboxylic acids is 3. The van der Waals surface area contributed by atoms with Crippen LogP contribution in [0.1, 0.15) is 18.4 Å². The molecule has 34 heavy (non-hydrogen) atoms. The third-order valence-electron chi connectivity index (χ3n) is 4.92. The SMILES string of the molecule is CSCCC(NC(=O)C(CS)NC(=O)C(CCSC)NC(=O)C(N)Cc1ccccc1)C(=O)O. The van der Waals surface area contributed by atoms with E-state index in [2.05, 4.69) is 28.6 Å². The quantitative estimate of drug-likeness (QED) is 0.169. The van der Waals surface area contributed by atoms with E-state index in [-0.39, 0.29) is 12.2 Å². The second-order valence-corrected chi connectivity index (χ2v) is 9.90. The number of aliphatic carboxylic acids is 1. The second-order valence-electron chi connectivity index (χ2n) is 7.56. The van der Waals surface area contributed by atoms with Gasteiger partial charge in [0.2, 0.25) is 17.7 Å². The second kappa shape index (κ2) is 16.7. The van der Waals surface area contributed by atoms with Crippen molar-refractivity contribution < 1.29 is 24.3 Å². The normalized spacial score (nSPS) is 14.4. The number of thioether (sulfide) groups is 2. The van der Waals surface area contributed by atoms with Crippen molar-refractivity contribution in [2.45, 2.75) is 43.4 Å². The van der Waals surface area contributed by atoms with Crippen LogP contribution >= 0.6 is 36.2 Å². The van der Waals surface area contributed by atoms with Crippen LogP contribution in [0.4, 0.5) is 0 Å². The van der Waals surface area contributed by atoms with Crippen LogP contribution in [0.3, 0.4) is 0 Å². The number of thiol groups is 1. The number of hydrogen-bond donors (Lipinski definition) is 6. The minimum atomic E-state index is -1.15. The first-order valence-electron chi connectivity index (χ1n) is 10.8. The highest BCUT2D eigenvalue weighted by Gasteiger charge is 2.29. The molecule has 6 N–H and O–H groups in total. The zero-order chi connectivity index (χ0) is 25.5. The van der Waals surface area contributed by atoms with Gasteiger partial charge in [0, 0.05) is 5.75 Å². The van der Waals surface area contributed by atoms with Gasteiger partial charge in [-0.15, -0.1) is 0 Å². The molecule has 1 aromatic carbocycles. The van der Waals surface area contributed by atoms with Crippen molar-refractivity contribution in [1.82, 2.24) is 16.0 Å². The first kappa shape index (κ1) is 30.1. The largest absolute Gasteiger partial charge is 0.480 e. The zero-order valence-corrected chi connectivity index (χ0v) is 21.9. The van der Waals surface area contributed by atoms with Crippen LogP contribution in [-0.2, 0) is 25.6 Å². The number of nitrogens with two attached hydrogens (primary N) is 1. The number of rotatable bonds is 16. The topological polar surface area (TPSA) is 151 Å². The number of nitrogens with one attached hydrogen (secondary N) is 3. The zero-order valence-electron chi connectivity index (χ0n) is 19.4. The van der Waals surface area contributed by atoms with Gasteiger partial charge in [-0.05, 0) is 48.8 Å². The molecular formula is C22H34N4O5S3. The number of hydrogen-bond acceptors (Lipinski definition) is 8. The average molecular weight is 531 g/mol. The van der Waals surface area contributed by atoms with Crippen LogP contribution in [0, 0.1) is 0 Å². The molecule has 0 heterocycles. The number of benzene rings is 1. The Kier molecular flexibility index (Phi) is 14.8. The standard InChI is InChI=1S/C22H34N4O5S3/c1-33-10-8-16(24-19(27)15(23)12-14-6-4-3-5-7-14)20(28)26-18(13-32)21(29)25-17(22(30)31)9-11-34-2/h3-7,15-18,32H,8-13,23H2,1-2H3,(H,24,27)(H,25,29)(H,26,28)(H,30,31). The maximum atomic E-state index is 12.9. The summed E-state index contributed by atoms with van der Waals surface area (Å²) in [6.45, 7) is 0. The maximum Gasteiger partial charge on any atom is 0.326 e. The predicted octanol–water partition coefficient (Wildman–Crippen LogP) is 0.531. The Balaban J connectivity index is 2.79. The molecule has 4 unspecified atom stereocenters. The van der Waals surface area contributed by atoms with Crippen LogP contribution in [0.2, 0.25) is 0 Å². The molecule has 1 rings (SSSR count). The van der Waals surface area contributed by atoms with Crippen molar-refractivity contribution in [3.8, 4) is 0 Å². The van der Waals surface area contributed by atoms with Crippen LogP contribution < -0.4 is 21.7 Å². The Bertz CT molecular complexity index is 800. The van der Waals surface area contributed by atoms with Crippen molar-refractivity contribution in [1.29, 1.82) is 0 Å². The average Bonchev–Trinajstić information content (AvgIpc) is 2.82. The fourth-order valence-corrected chi connectivity index (χ4v) is 4.18. The number of amides is 3. The van der Waals surface area contributed by atoms with Gasteiger partial charge in [0.1, 0.15) is 18.1 Å². The molecule has 0 spiro atoms. The summed E-state index contributed by atoms with van der Waals surface area (Å²) in [5.41, 5.74) is 6.94. The molecule has 0 aromatic heterocycles. The van der Waals surface area contributed by atoms with E-state index in [4.69, 9.17) is 5.73 Å². The summed E-state index contributed by atoms with van der Waals surface area (Å²) < 4.78 is 0. The van der Waals surface area contributed by atoms with Crippen molar-refractivity contribution >= 4 is 59.8 Å². The summed E-state index contributed by atoms with van der Waals surface area (Å²) in [6.07, 6.45) is 4.62. The Morgan fingerprint density at radius 1 is 0.882 bits per heavy atom. The minimum Gasteiger partial charge on any atom is -0.480 e. The van der Waals surface area contributed by atoms with Gasteiger partial charge in [0.05, 0.1) is 6.04 Å². The number of carboxylic acid groups (broad SMARTS) is 1. The van der Waals surface area contributed by atoms with Gasteiger partial charge in [-0.25, -0.2) is 4.79 Å². The van der Waals surface area contributed by atoms with Crippen LogP contribution in [-0.4, -0.2) is 82.7 Å². The summed E-state index contributed by atoms with van der Waals surface area (Å²) in [5, 5.41) is 17.0. The molecule has 190 valence electrons. The highest BCUT2D eigenvalue weighted by atomic mass is 32.2. The molecule has 1 aromatic rings. The molecule has 4 atom stereocenters. The van der Waals surface area contributed by atoms with E-state index in [1.165, 1.54) is 23.5 Å². The third-order valence-corrected chi connectivity index (χ3v) is 6.57. The van der Waals surface area contributed by atoms with E-state index >= 15 is 0 Å². The molecule has 0 radical (unpaired) electrons. The van der Waals surface area contributed by atoms with Crippen LogP contribution in [0.15, 0.2) is 30.3 Å². The van der Waals surface area contributed by atoms with Gasteiger partial charge in [-0.2, -0.15) is 36.2 Å². The lowest BCUT2D eigenvalue weighted by Gasteiger charge is -2.24. The smallest absolute Gasteiger partial charge is 0.326 e. The molecule has 9 nitrogen and oxygen atoms in total. The van der Waals surface area contributed by atoms with Gasteiger partial charge in [0.15, 0.2) is 0 Å². The fourth-order valence-electron chi connectivity index (χ4n) is 2.98. The Morgan fingerprint density at radius 3 is 1.91 bits per heavy atom. The molecule has 12 heteroatoms. The lowest BCUT2D eigenvalue weighted by molar-refractivity contribution is -0.142. The van der Waals surface area contributed by atoms with E-state index in [0.29, 0.717) is 24.3 Å². The van der Waals surface area contributed by atoms with Crippen molar-refractivity contribution in [2.75, 3.05) is 29.8 Å². The maximum absolute atomic E-state index is 12.9. The fraction of sp³-hybridized carbons (Fsp3) is 0.545. The van der Waals surface area contributed by atoms with Gasteiger partial charge in [-0.1, -0.05) is 30.3 Å². The van der Waals surface area contributed by atoms with E-state index in [1.54, 1.807) is 0 Å². The Hall–Kier alpha value is -1.89. The van der Waals surface area contributed by atoms with Gasteiger partial charge in [-0.3, -0.25) is 14.4 Å². The van der Waals surface area contributed by atoms with Crippen molar-refractivity contribution in [2.24, 2.45) is 5.73 Å². The molecule has 0 aliphatic rings. The molecule has 0 aliphatic carbocycles. The molecule has 3 amide bonds. The van der Waals surface area contributed by atoms with Crippen molar-refractivity contribution in [3.05, 3.63) is 35.9 Å². The summed E-state index contributed by atoms with van der Waals surface area (Å²) in [4.78, 5) is 49.6. The summed E-state index contributed by atoms with van der Waals surface area (Å²) in [7, 11) is 0. The lowest BCUT2D eigenvalue weighted by Crippen LogP contribution is -2.58. The Morgan fingerprint density at radius 2 is 1.38 bits per heavy atom. The highest BCUT2D eigenvalue weighted by Crippen LogP contribution is 2.06. The van der Waals surface area contributed by atoms with Crippen LogP contribution in [0.25, 0.3) is 0 Å². The van der Waals surface area contributed by atoms with Gasteiger partial charge in [0.25, 0.3) is 0 Å². The van der Waals surface area contributed by atoms with E-state index < -0.39 is 47.9 Å². The molecular weight excluding hydrogens is 496 g/mol. The lowest BCUT2D eigenvalue weighted by atomic mass is 10.1. The first-order valence-corrected chi connectivity index (χ1v) is 14.2. The minimum absolute atomic E-state index is 0.0385. The molecule has 0 fully saturated rings. The first-order chi connectivity index (χ1) is 16.2. The summed E-state index contributed by atoms with van der Waals surface area (Å²) >= 11 is 7.11. The van der Waals surface area contributed by atoms with Gasteiger partial charge < -0.3 is 26.8 Å². The summed E-state index contributed by atoms with van der Waals surface area (Å²) in [5.74, 6) is -1.71. The predicted molar refractivity (Wildman–Crippen MR) is 141 cm³/mol. The molecule has 0 saturated heterocycles. The van der Waals surface area contributed by atoms with Crippen molar-refractivity contribution in [3.63, 3.8) is 0 Å².